The fourth-order valence-electron chi connectivity index (χ4n) is 3.52. The summed E-state index contributed by atoms with van der Waals surface area (Å²) in [5, 5.41) is 9.07. The van der Waals surface area contributed by atoms with Gasteiger partial charge in [0.2, 0.25) is 0 Å². The zero-order valence-electron chi connectivity index (χ0n) is 14.0. The summed E-state index contributed by atoms with van der Waals surface area (Å²) in [6.45, 7) is 11.9. The van der Waals surface area contributed by atoms with Crippen LogP contribution < -0.4 is 5.32 Å². The molecule has 1 aromatic rings. The van der Waals surface area contributed by atoms with Crippen LogP contribution in [-0.4, -0.2) is 22.9 Å². The van der Waals surface area contributed by atoms with Gasteiger partial charge >= 0.3 is 0 Å². The maximum absolute atomic E-state index is 6.47. The van der Waals surface area contributed by atoms with E-state index in [0.29, 0.717) is 0 Å². The quantitative estimate of drug-likeness (QED) is 0.822. The number of halogens is 1. The molecule has 0 aromatic carbocycles. The van der Waals surface area contributed by atoms with E-state index in [1.807, 2.05) is 6.92 Å². The highest BCUT2D eigenvalue weighted by Gasteiger charge is 2.29. The third kappa shape index (κ3) is 4.23. The van der Waals surface area contributed by atoms with Crippen LogP contribution in [-0.2, 0) is 13.0 Å². The van der Waals surface area contributed by atoms with Gasteiger partial charge in [-0.25, -0.2) is 0 Å². The third-order valence-electron chi connectivity index (χ3n) is 4.68. The van der Waals surface area contributed by atoms with Gasteiger partial charge in [0, 0.05) is 6.54 Å². The van der Waals surface area contributed by atoms with E-state index in [4.69, 9.17) is 11.6 Å². The maximum atomic E-state index is 6.47. The van der Waals surface area contributed by atoms with Gasteiger partial charge in [-0.2, -0.15) is 5.10 Å². The Hall–Kier alpha value is -0.540. The minimum absolute atomic E-state index is 0.725. The molecule has 2 unspecified atom stereocenters. The molecule has 1 saturated carbocycles. The molecule has 1 fully saturated rings. The van der Waals surface area contributed by atoms with Crippen molar-refractivity contribution < 1.29 is 0 Å². The Bertz CT molecular complexity index is 453. The Kier molecular flexibility index (Phi) is 6.12. The number of hydrogen-bond donors (Lipinski definition) is 1. The lowest BCUT2D eigenvalue weighted by molar-refractivity contribution is 0.350. The summed E-state index contributed by atoms with van der Waals surface area (Å²) in [5.41, 5.74) is 2.22. The minimum atomic E-state index is 0.725. The summed E-state index contributed by atoms with van der Waals surface area (Å²) in [5.74, 6) is 2.27. The van der Waals surface area contributed by atoms with Crippen molar-refractivity contribution in [3.05, 3.63) is 16.4 Å². The van der Waals surface area contributed by atoms with Crippen molar-refractivity contribution in [3.8, 4) is 0 Å². The second-order valence-electron chi connectivity index (χ2n) is 6.87. The molecule has 0 bridgehead atoms. The summed E-state index contributed by atoms with van der Waals surface area (Å²) in [4.78, 5) is 0. The number of nitrogens with one attached hydrogen (secondary N) is 1. The van der Waals surface area contributed by atoms with Gasteiger partial charge in [0.25, 0.3) is 0 Å². The average Bonchev–Trinajstić information content (AvgIpc) is 2.98. The molecular formula is C17H30ClN3. The van der Waals surface area contributed by atoms with Gasteiger partial charge in [0.05, 0.1) is 16.4 Å². The number of rotatable bonds is 7. The molecule has 1 aliphatic rings. The molecule has 1 aromatic heterocycles. The normalized spacial score (nSPS) is 22.4. The lowest BCUT2D eigenvalue weighted by atomic mass is 9.91. The van der Waals surface area contributed by atoms with E-state index < -0.39 is 0 Å². The van der Waals surface area contributed by atoms with E-state index in [9.17, 15) is 0 Å². The molecule has 0 saturated heterocycles. The van der Waals surface area contributed by atoms with Crippen LogP contribution in [0.1, 0.15) is 51.4 Å². The van der Waals surface area contributed by atoms with Crippen LogP contribution in [0.15, 0.2) is 0 Å². The number of nitrogens with zero attached hydrogens (tertiary/aromatic N) is 2. The van der Waals surface area contributed by atoms with Crippen molar-refractivity contribution in [2.75, 3.05) is 13.1 Å². The molecular weight excluding hydrogens is 282 g/mol. The molecule has 2 rings (SSSR count). The molecule has 1 N–H and O–H groups in total. The Labute approximate surface area is 134 Å². The first kappa shape index (κ1) is 16.8. The standard InChI is InChI=1S/C17H30ClN3/c1-5-21-16(17(18)13(4)20-21)9-14-7-6-8-15(14)11-19-10-12(2)3/h12,14-15,19H,5-11H2,1-4H3. The van der Waals surface area contributed by atoms with Gasteiger partial charge in [-0.1, -0.05) is 31.9 Å². The van der Waals surface area contributed by atoms with Crippen LogP contribution in [0.3, 0.4) is 0 Å². The first-order valence-electron chi connectivity index (χ1n) is 8.45. The lowest BCUT2D eigenvalue weighted by Crippen LogP contribution is -2.29. The van der Waals surface area contributed by atoms with Crippen molar-refractivity contribution in [2.24, 2.45) is 17.8 Å². The second-order valence-corrected chi connectivity index (χ2v) is 7.25. The molecule has 1 aliphatic carbocycles. The molecule has 3 nitrogen and oxygen atoms in total. The molecule has 0 spiro atoms. The maximum Gasteiger partial charge on any atom is 0.0847 e. The zero-order chi connectivity index (χ0) is 15.4. The monoisotopic (exact) mass is 311 g/mol. The minimum Gasteiger partial charge on any atom is -0.316 e. The Morgan fingerprint density at radius 1 is 1.33 bits per heavy atom. The van der Waals surface area contributed by atoms with Crippen molar-refractivity contribution in [1.29, 1.82) is 0 Å². The summed E-state index contributed by atoms with van der Waals surface area (Å²) < 4.78 is 2.09. The predicted octanol–water partition coefficient (Wildman–Crippen LogP) is 4.07. The lowest BCUT2D eigenvalue weighted by Gasteiger charge is -2.21. The van der Waals surface area contributed by atoms with Gasteiger partial charge in [0.1, 0.15) is 0 Å². The van der Waals surface area contributed by atoms with Gasteiger partial charge in [0.15, 0.2) is 0 Å². The highest BCUT2D eigenvalue weighted by atomic mass is 35.5. The third-order valence-corrected chi connectivity index (χ3v) is 5.18. The molecule has 0 amide bonds. The van der Waals surface area contributed by atoms with Gasteiger partial charge < -0.3 is 5.32 Å². The van der Waals surface area contributed by atoms with Crippen molar-refractivity contribution in [2.45, 2.75) is 59.9 Å². The van der Waals surface area contributed by atoms with E-state index in [1.54, 1.807) is 0 Å². The van der Waals surface area contributed by atoms with Crippen LogP contribution >= 0.6 is 11.6 Å². The summed E-state index contributed by atoms with van der Waals surface area (Å²) in [6.07, 6.45) is 5.13. The molecule has 1 heterocycles. The van der Waals surface area contributed by atoms with Crippen LogP contribution in [0, 0.1) is 24.7 Å². The Morgan fingerprint density at radius 2 is 2.05 bits per heavy atom. The molecule has 0 aliphatic heterocycles. The van der Waals surface area contributed by atoms with Crippen molar-refractivity contribution in [3.63, 3.8) is 0 Å². The van der Waals surface area contributed by atoms with Gasteiger partial charge in [-0.05, 0) is 64.0 Å². The van der Waals surface area contributed by atoms with E-state index in [-0.39, 0.29) is 0 Å². The molecule has 4 heteroatoms. The van der Waals surface area contributed by atoms with Crippen LogP contribution in [0.2, 0.25) is 5.02 Å². The SMILES string of the molecule is CCn1nc(C)c(Cl)c1CC1CCCC1CNCC(C)C. The summed E-state index contributed by atoms with van der Waals surface area (Å²) >= 11 is 6.47. The number of aryl methyl sites for hydroxylation is 2. The van der Waals surface area contributed by atoms with E-state index in [2.05, 4.69) is 35.9 Å². The number of hydrogen-bond acceptors (Lipinski definition) is 2. The van der Waals surface area contributed by atoms with Crippen LogP contribution in [0.25, 0.3) is 0 Å². The largest absolute Gasteiger partial charge is 0.316 e. The van der Waals surface area contributed by atoms with Crippen molar-refractivity contribution >= 4 is 11.6 Å². The average molecular weight is 312 g/mol. The molecule has 21 heavy (non-hydrogen) atoms. The molecule has 120 valence electrons. The Morgan fingerprint density at radius 3 is 2.71 bits per heavy atom. The van der Waals surface area contributed by atoms with Crippen molar-refractivity contribution in [1.82, 2.24) is 15.1 Å². The van der Waals surface area contributed by atoms with E-state index >= 15 is 0 Å². The topological polar surface area (TPSA) is 29.9 Å². The zero-order valence-corrected chi connectivity index (χ0v) is 14.7. The van der Waals surface area contributed by atoms with Gasteiger partial charge in [-0.15, -0.1) is 0 Å². The first-order valence-corrected chi connectivity index (χ1v) is 8.83. The second kappa shape index (κ2) is 7.64. The fraction of sp³-hybridized carbons (Fsp3) is 0.824. The fourth-order valence-corrected chi connectivity index (χ4v) is 3.73. The summed E-state index contributed by atoms with van der Waals surface area (Å²) in [6, 6.07) is 0. The van der Waals surface area contributed by atoms with Gasteiger partial charge in [-0.3, -0.25) is 4.68 Å². The van der Waals surface area contributed by atoms with E-state index in [1.165, 1.54) is 25.0 Å². The highest BCUT2D eigenvalue weighted by molar-refractivity contribution is 6.31. The Balaban J connectivity index is 1.98. The van der Waals surface area contributed by atoms with Crippen LogP contribution in [0.4, 0.5) is 0 Å². The predicted molar refractivity (Wildman–Crippen MR) is 89.9 cm³/mol. The molecule has 2 atom stereocenters. The van der Waals surface area contributed by atoms with Crippen LogP contribution in [0.5, 0.6) is 0 Å². The first-order chi connectivity index (χ1) is 10.0. The highest BCUT2D eigenvalue weighted by Crippen LogP contribution is 2.35. The molecule has 0 radical (unpaired) electrons. The van der Waals surface area contributed by atoms with E-state index in [0.717, 1.165) is 54.5 Å². The number of aromatic nitrogens is 2. The summed E-state index contributed by atoms with van der Waals surface area (Å²) in [7, 11) is 0. The smallest absolute Gasteiger partial charge is 0.0847 e.